The first kappa shape index (κ1) is 20.2. The number of aryl methyl sites for hydroxylation is 5. The van der Waals surface area contributed by atoms with Crippen LogP contribution < -0.4 is 16.1 Å². The van der Waals surface area contributed by atoms with Gasteiger partial charge in [-0.3, -0.25) is 18.3 Å². The second-order valence-corrected chi connectivity index (χ2v) is 9.29. The molecule has 0 fully saturated rings. The summed E-state index contributed by atoms with van der Waals surface area (Å²) in [5, 5.41) is 0. The van der Waals surface area contributed by atoms with Gasteiger partial charge in [-0.2, -0.15) is 0 Å². The molecule has 2 aromatic heterocycles. The third kappa shape index (κ3) is 2.91. The van der Waals surface area contributed by atoms with Gasteiger partial charge in [0.1, 0.15) is 0 Å². The fourth-order valence-corrected chi connectivity index (χ4v) is 5.10. The summed E-state index contributed by atoms with van der Waals surface area (Å²) >= 11 is 0. The van der Waals surface area contributed by atoms with E-state index >= 15 is 0 Å². The molecule has 158 valence electrons. The topological polar surface area (TPSA) is 100 Å². The van der Waals surface area contributed by atoms with Crippen molar-refractivity contribution < 1.29 is 8.42 Å². The van der Waals surface area contributed by atoms with Crippen LogP contribution in [0.15, 0.2) is 44.8 Å². The molecule has 0 saturated carbocycles. The standard InChI is InChI=1S/C20H23N5O4S/c1-12-8-15-17(25(5)20(27)23(15)3)10-18(12)30(28,29)21-11-13-6-7-14-16(9-13)24(4)19(26)22(14)2/h6-10,21H,11H2,1-5H3. The molecule has 10 heteroatoms. The molecule has 0 aliphatic carbocycles. The van der Waals surface area contributed by atoms with Crippen LogP contribution in [0.25, 0.3) is 22.1 Å². The highest BCUT2D eigenvalue weighted by Crippen LogP contribution is 2.23. The number of nitrogens with one attached hydrogen (secondary N) is 1. The van der Waals surface area contributed by atoms with Crippen LogP contribution in [-0.4, -0.2) is 26.7 Å². The highest BCUT2D eigenvalue weighted by atomic mass is 32.2. The van der Waals surface area contributed by atoms with Gasteiger partial charge < -0.3 is 0 Å². The van der Waals surface area contributed by atoms with Gasteiger partial charge in [-0.1, -0.05) is 6.07 Å². The lowest BCUT2D eigenvalue weighted by atomic mass is 10.2. The third-order valence-corrected chi connectivity index (χ3v) is 7.20. The van der Waals surface area contributed by atoms with Crippen molar-refractivity contribution >= 4 is 32.1 Å². The number of hydrogen-bond acceptors (Lipinski definition) is 4. The molecule has 0 atom stereocenters. The molecule has 9 nitrogen and oxygen atoms in total. The molecular weight excluding hydrogens is 406 g/mol. The molecule has 2 aromatic carbocycles. The molecule has 1 N–H and O–H groups in total. The Labute approximate surface area is 172 Å². The fraction of sp³-hybridized carbons (Fsp3) is 0.300. The maximum atomic E-state index is 13.0. The zero-order valence-electron chi connectivity index (χ0n) is 17.4. The van der Waals surface area contributed by atoms with Gasteiger partial charge in [-0.15, -0.1) is 0 Å². The minimum atomic E-state index is -3.82. The number of aromatic nitrogens is 4. The van der Waals surface area contributed by atoms with Gasteiger partial charge in [0.05, 0.1) is 27.0 Å². The predicted octanol–water partition coefficient (Wildman–Crippen LogP) is 0.854. The quantitative estimate of drug-likeness (QED) is 0.520. The lowest BCUT2D eigenvalue weighted by Crippen LogP contribution is -2.24. The van der Waals surface area contributed by atoms with Crippen molar-refractivity contribution in [1.29, 1.82) is 0 Å². The van der Waals surface area contributed by atoms with E-state index in [-0.39, 0.29) is 22.8 Å². The Bertz CT molecular complexity index is 1550. The van der Waals surface area contributed by atoms with Gasteiger partial charge in [-0.25, -0.2) is 22.7 Å². The molecule has 0 aliphatic heterocycles. The third-order valence-electron chi connectivity index (χ3n) is 5.66. The summed E-state index contributed by atoms with van der Waals surface area (Å²) in [6, 6.07) is 8.63. The van der Waals surface area contributed by atoms with Crippen LogP contribution in [-0.2, 0) is 44.8 Å². The molecule has 0 amide bonds. The predicted molar refractivity (Wildman–Crippen MR) is 115 cm³/mol. The average molecular weight is 430 g/mol. The molecular formula is C20H23N5O4S. The molecule has 0 unspecified atom stereocenters. The zero-order chi connectivity index (χ0) is 22.0. The van der Waals surface area contributed by atoms with Gasteiger partial charge in [0.2, 0.25) is 10.0 Å². The summed E-state index contributed by atoms with van der Waals surface area (Å²) in [6.07, 6.45) is 0. The molecule has 0 bridgehead atoms. The van der Waals surface area contributed by atoms with Crippen molar-refractivity contribution in [2.45, 2.75) is 18.4 Å². The number of rotatable bonds is 4. The van der Waals surface area contributed by atoms with Crippen LogP contribution in [0, 0.1) is 6.92 Å². The molecule has 4 rings (SSSR count). The fourth-order valence-electron chi connectivity index (χ4n) is 3.84. The Balaban J connectivity index is 1.70. The van der Waals surface area contributed by atoms with Crippen LogP contribution in [0.4, 0.5) is 0 Å². The van der Waals surface area contributed by atoms with Crippen molar-refractivity contribution in [1.82, 2.24) is 23.0 Å². The van der Waals surface area contributed by atoms with Crippen molar-refractivity contribution in [3.8, 4) is 0 Å². The first-order chi connectivity index (χ1) is 14.0. The monoisotopic (exact) mass is 429 g/mol. The lowest BCUT2D eigenvalue weighted by Gasteiger charge is -2.11. The van der Waals surface area contributed by atoms with E-state index in [2.05, 4.69) is 4.72 Å². The van der Waals surface area contributed by atoms with E-state index in [1.807, 2.05) is 0 Å². The Morgan fingerprint density at radius 3 is 1.87 bits per heavy atom. The number of imidazole rings is 2. The van der Waals surface area contributed by atoms with Gasteiger partial charge in [0.15, 0.2) is 0 Å². The van der Waals surface area contributed by atoms with Gasteiger partial charge >= 0.3 is 11.4 Å². The summed E-state index contributed by atoms with van der Waals surface area (Å²) in [6.45, 7) is 1.78. The summed E-state index contributed by atoms with van der Waals surface area (Å²) < 4.78 is 34.6. The lowest BCUT2D eigenvalue weighted by molar-refractivity contribution is 0.581. The molecule has 0 spiro atoms. The van der Waals surface area contributed by atoms with Crippen molar-refractivity contribution in [3.05, 3.63) is 62.4 Å². The summed E-state index contributed by atoms with van der Waals surface area (Å²) in [4.78, 5) is 24.4. The van der Waals surface area contributed by atoms with E-state index in [0.717, 1.165) is 16.6 Å². The maximum absolute atomic E-state index is 13.0. The zero-order valence-corrected chi connectivity index (χ0v) is 18.2. The highest BCUT2D eigenvalue weighted by Gasteiger charge is 2.20. The summed E-state index contributed by atoms with van der Waals surface area (Å²) in [5.74, 6) is 0. The summed E-state index contributed by atoms with van der Waals surface area (Å²) in [5.41, 5.74) is 3.67. The van der Waals surface area contributed by atoms with Crippen LogP contribution in [0.5, 0.6) is 0 Å². The van der Waals surface area contributed by atoms with Crippen LogP contribution in [0.3, 0.4) is 0 Å². The van der Waals surface area contributed by atoms with Crippen LogP contribution in [0.1, 0.15) is 11.1 Å². The van der Waals surface area contributed by atoms with Crippen molar-refractivity contribution in [3.63, 3.8) is 0 Å². The van der Waals surface area contributed by atoms with Crippen LogP contribution >= 0.6 is 0 Å². The van der Waals surface area contributed by atoms with E-state index in [9.17, 15) is 18.0 Å². The number of benzene rings is 2. The van der Waals surface area contributed by atoms with Gasteiger partial charge in [-0.05, 0) is 42.3 Å². The number of hydrogen-bond donors (Lipinski definition) is 1. The minimum absolute atomic E-state index is 0.0759. The van der Waals surface area contributed by atoms with E-state index in [1.54, 1.807) is 63.9 Å². The number of sulfonamides is 1. The largest absolute Gasteiger partial charge is 0.328 e. The van der Waals surface area contributed by atoms with Crippen molar-refractivity contribution in [2.75, 3.05) is 0 Å². The normalized spacial score (nSPS) is 12.3. The summed E-state index contributed by atoms with van der Waals surface area (Å²) in [7, 11) is 2.83. The molecule has 0 saturated heterocycles. The second-order valence-electron chi connectivity index (χ2n) is 7.56. The Morgan fingerprint density at radius 1 is 0.767 bits per heavy atom. The molecule has 30 heavy (non-hydrogen) atoms. The smallest absolute Gasteiger partial charge is 0.295 e. The molecule has 2 heterocycles. The van der Waals surface area contributed by atoms with E-state index in [0.29, 0.717) is 16.6 Å². The van der Waals surface area contributed by atoms with Gasteiger partial charge in [0, 0.05) is 34.7 Å². The Morgan fingerprint density at radius 2 is 1.27 bits per heavy atom. The van der Waals surface area contributed by atoms with Gasteiger partial charge in [0.25, 0.3) is 0 Å². The molecule has 0 aliphatic rings. The number of fused-ring (bicyclic) bond motifs is 2. The first-order valence-corrected chi connectivity index (χ1v) is 10.8. The van der Waals surface area contributed by atoms with E-state index < -0.39 is 10.0 Å². The minimum Gasteiger partial charge on any atom is -0.295 e. The Hall–Kier alpha value is -3.11. The molecule has 0 radical (unpaired) electrons. The van der Waals surface area contributed by atoms with Crippen LogP contribution in [0.2, 0.25) is 0 Å². The second kappa shape index (κ2) is 6.71. The number of nitrogens with zero attached hydrogens (tertiary/aromatic N) is 4. The maximum Gasteiger partial charge on any atom is 0.328 e. The first-order valence-electron chi connectivity index (χ1n) is 9.33. The SMILES string of the molecule is Cc1cc2c(cc1S(=O)(=O)NCc1ccc3c(c1)n(C)c(=O)n3C)n(C)c(=O)n2C. The highest BCUT2D eigenvalue weighted by molar-refractivity contribution is 7.89. The van der Waals surface area contributed by atoms with Crippen molar-refractivity contribution in [2.24, 2.45) is 28.2 Å². The molecule has 4 aromatic rings. The average Bonchev–Trinajstić information content (AvgIpc) is 3.06. The van der Waals surface area contributed by atoms with E-state index in [1.165, 1.54) is 19.8 Å². The van der Waals surface area contributed by atoms with E-state index in [4.69, 9.17) is 0 Å². The Kier molecular flexibility index (Phi) is 4.51.